The Bertz CT molecular complexity index is 335. The van der Waals surface area contributed by atoms with Gasteiger partial charge in [-0.05, 0) is 43.3 Å². The van der Waals surface area contributed by atoms with E-state index in [2.05, 4.69) is 85.5 Å². The second-order valence-corrected chi connectivity index (χ2v) is 8.02. The standard InChI is InChI=1S/C17H31N/c1-15(2,3)12-10-14(16(4,5)6)11-13-18-17(7,8)9/h10-13H,1-9H3/b12-10+,14-11+,18-13?. The molecule has 0 fully saturated rings. The van der Waals surface area contributed by atoms with Crippen LogP contribution in [0.4, 0.5) is 0 Å². The molecule has 0 bridgehead atoms. The van der Waals surface area contributed by atoms with E-state index in [1.54, 1.807) is 0 Å². The normalized spacial score (nSPS) is 15.9. The van der Waals surface area contributed by atoms with Crippen molar-refractivity contribution in [2.75, 3.05) is 0 Å². The van der Waals surface area contributed by atoms with E-state index >= 15 is 0 Å². The molecule has 1 nitrogen and oxygen atoms in total. The lowest BCUT2D eigenvalue weighted by molar-refractivity contribution is 0.509. The monoisotopic (exact) mass is 249 g/mol. The fraction of sp³-hybridized carbons (Fsp3) is 0.706. The van der Waals surface area contributed by atoms with E-state index in [-0.39, 0.29) is 16.4 Å². The Morgan fingerprint density at radius 1 is 0.833 bits per heavy atom. The third-order valence-electron chi connectivity index (χ3n) is 2.34. The maximum absolute atomic E-state index is 4.52. The Morgan fingerprint density at radius 2 is 1.33 bits per heavy atom. The molecule has 0 atom stereocenters. The van der Waals surface area contributed by atoms with Crippen molar-refractivity contribution in [3.05, 3.63) is 23.8 Å². The Labute approximate surface area is 114 Å². The van der Waals surface area contributed by atoms with E-state index in [1.807, 2.05) is 6.21 Å². The smallest absolute Gasteiger partial charge is 0.0524 e. The molecule has 0 N–H and O–H groups in total. The summed E-state index contributed by atoms with van der Waals surface area (Å²) in [7, 11) is 0. The molecule has 0 rings (SSSR count). The molecule has 0 aliphatic carbocycles. The highest BCUT2D eigenvalue weighted by Crippen LogP contribution is 2.27. The number of allylic oxidation sites excluding steroid dienone is 4. The van der Waals surface area contributed by atoms with Crippen molar-refractivity contribution in [2.45, 2.75) is 67.9 Å². The van der Waals surface area contributed by atoms with Crippen molar-refractivity contribution < 1.29 is 0 Å². The minimum absolute atomic E-state index is 0.00671. The van der Waals surface area contributed by atoms with Crippen LogP contribution in [-0.2, 0) is 0 Å². The minimum Gasteiger partial charge on any atom is -0.287 e. The summed E-state index contributed by atoms with van der Waals surface area (Å²) in [5.41, 5.74) is 1.66. The lowest BCUT2D eigenvalue weighted by Gasteiger charge is -2.21. The lowest BCUT2D eigenvalue weighted by Crippen LogP contribution is -2.11. The van der Waals surface area contributed by atoms with Gasteiger partial charge >= 0.3 is 0 Å². The molecule has 0 amide bonds. The number of aliphatic imine (C=N–C) groups is 1. The SMILES string of the molecule is CC(C)(C)/C=C/C(=C\C=NC(C)(C)C)C(C)(C)C. The van der Waals surface area contributed by atoms with Gasteiger partial charge in [0, 0.05) is 6.21 Å². The van der Waals surface area contributed by atoms with Crippen LogP contribution in [0.2, 0.25) is 0 Å². The van der Waals surface area contributed by atoms with Gasteiger partial charge in [0.2, 0.25) is 0 Å². The Kier molecular flexibility index (Phi) is 5.58. The van der Waals surface area contributed by atoms with Gasteiger partial charge in [0.25, 0.3) is 0 Å². The van der Waals surface area contributed by atoms with Crippen molar-refractivity contribution in [3.8, 4) is 0 Å². The van der Waals surface area contributed by atoms with Crippen LogP contribution in [0.25, 0.3) is 0 Å². The molecule has 1 heteroatoms. The second kappa shape index (κ2) is 5.86. The highest BCUT2D eigenvalue weighted by molar-refractivity contribution is 5.73. The summed E-state index contributed by atoms with van der Waals surface area (Å²) in [4.78, 5) is 4.52. The van der Waals surface area contributed by atoms with Gasteiger partial charge in [-0.2, -0.15) is 0 Å². The van der Waals surface area contributed by atoms with E-state index in [4.69, 9.17) is 0 Å². The third-order valence-corrected chi connectivity index (χ3v) is 2.34. The van der Waals surface area contributed by atoms with Crippen LogP contribution in [-0.4, -0.2) is 11.8 Å². The minimum atomic E-state index is -0.00671. The number of rotatable bonds is 2. The molecule has 18 heavy (non-hydrogen) atoms. The van der Waals surface area contributed by atoms with Crippen molar-refractivity contribution in [1.82, 2.24) is 0 Å². The van der Waals surface area contributed by atoms with Crippen molar-refractivity contribution >= 4 is 6.21 Å². The van der Waals surface area contributed by atoms with Gasteiger partial charge in [-0.15, -0.1) is 0 Å². The van der Waals surface area contributed by atoms with Gasteiger partial charge in [0.05, 0.1) is 5.54 Å². The fourth-order valence-corrected chi connectivity index (χ4v) is 1.24. The number of hydrogen-bond acceptors (Lipinski definition) is 1. The number of nitrogens with zero attached hydrogens (tertiary/aromatic N) is 1. The summed E-state index contributed by atoms with van der Waals surface area (Å²) in [6, 6.07) is 0. The summed E-state index contributed by atoms with van der Waals surface area (Å²) in [6.45, 7) is 19.7. The van der Waals surface area contributed by atoms with Crippen LogP contribution < -0.4 is 0 Å². The van der Waals surface area contributed by atoms with Crippen LogP contribution in [0.1, 0.15) is 62.3 Å². The van der Waals surface area contributed by atoms with E-state index in [9.17, 15) is 0 Å². The molecule has 0 aromatic carbocycles. The molecule has 0 aliphatic rings. The maximum atomic E-state index is 4.52. The van der Waals surface area contributed by atoms with Crippen LogP contribution >= 0.6 is 0 Å². The maximum Gasteiger partial charge on any atom is 0.0524 e. The van der Waals surface area contributed by atoms with Gasteiger partial charge in [0.15, 0.2) is 0 Å². The van der Waals surface area contributed by atoms with Crippen molar-refractivity contribution in [1.29, 1.82) is 0 Å². The van der Waals surface area contributed by atoms with E-state index in [0.29, 0.717) is 0 Å². The Hall–Kier alpha value is -0.850. The van der Waals surface area contributed by atoms with Gasteiger partial charge in [-0.3, -0.25) is 4.99 Å². The molecular formula is C17H31N. The average molecular weight is 249 g/mol. The highest BCUT2D eigenvalue weighted by atomic mass is 14.8. The molecule has 104 valence electrons. The van der Waals surface area contributed by atoms with E-state index in [0.717, 1.165) is 0 Å². The summed E-state index contributed by atoms with van der Waals surface area (Å²) < 4.78 is 0. The van der Waals surface area contributed by atoms with Crippen molar-refractivity contribution in [2.24, 2.45) is 15.8 Å². The summed E-state index contributed by atoms with van der Waals surface area (Å²) in [6.07, 6.45) is 8.56. The molecule has 0 unspecified atom stereocenters. The predicted octanol–water partition coefficient (Wildman–Crippen LogP) is 5.43. The van der Waals surface area contributed by atoms with Gasteiger partial charge < -0.3 is 0 Å². The average Bonchev–Trinajstić information content (AvgIpc) is 2.04. The van der Waals surface area contributed by atoms with E-state index in [1.165, 1.54) is 5.57 Å². The molecule has 0 aromatic rings. The third kappa shape index (κ3) is 9.21. The van der Waals surface area contributed by atoms with Gasteiger partial charge in [-0.25, -0.2) is 0 Å². The van der Waals surface area contributed by atoms with Crippen LogP contribution in [0.5, 0.6) is 0 Å². The molecule has 0 aromatic heterocycles. The zero-order chi connectivity index (χ0) is 14.6. The summed E-state index contributed by atoms with van der Waals surface area (Å²) in [5.74, 6) is 0. The van der Waals surface area contributed by atoms with Crippen molar-refractivity contribution in [3.63, 3.8) is 0 Å². The molecule has 0 spiro atoms. The Morgan fingerprint density at radius 3 is 1.67 bits per heavy atom. The van der Waals surface area contributed by atoms with Crippen LogP contribution in [0, 0.1) is 10.8 Å². The van der Waals surface area contributed by atoms with Crippen LogP contribution in [0.15, 0.2) is 28.8 Å². The molecule has 0 saturated heterocycles. The molecule has 0 radical (unpaired) electrons. The molecule has 0 saturated carbocycles. The fourth-order valence-electron chi connectivity index (χ4n) is 1.24. The summed E-state index contributed by atoms with van der Waals surface area (Å²) >= 11 is 0. The summed E-state index contributed by atoms with van der Waals surface area (Å²) in [5, 5.41) is 0. The predicted molar refractivity (Wildman–Crippen MR) is 84.4 cm³/mol. The molecule has 0 heterocycles. The zero-order valence-corrected chi connectivity index (χ0v) is 13.8. The van der Waals surface area contributed by atoms with Gasteiger partial charge in [0.1, 0.15) is 0 Å². The topological polar surface area (TPSA) is 12.4 Å². The first-order valence-electron chi connectivity index (χ1n) is 6.76. The van der Waals surface area contributed by atoms with Gasteiger partial charge in [-0.1, -0.05) is 53.7 Å². The number of hydrogen-bond donors (Lipinski definition) is 0. The molecule has 0 aliphatic heterocycles. The van der Waals surface area contributed by atoms with E-state index < -0.39 is 0 Å². The first-order valence-corrected chi connectivity index (χ1v) is 6.76. The highest BCUT2D eigenvalue weighted by Gasteiger charge is 2.15. The lowest BCUT2D eigenvalue weighted by atomic mass is 9.84. The molecular weight excluding hydrogens is 218 g/mol. The first-order chi connectivity index (χ1) is 7.81. The second-order valence-electron chi connectivity index (χ2n) is 8.02. The zero-order valence-electron chi connectivity index (χ0n) is 13.8. The quantitative estimate of drug-likeness (QED) is 0.457. The largest absolute Gasteiger partial charge is 0.287 e. The van der Waals surface area contributed by atoms with Crippen LogP contribution in [0.3, 0.4) is 0 Å². The first kappa shape index (κ1) is 17.2. The Balaban J connectivity index is 5.11.